The summed E-state index contributed by atoms with van der Waals surface area (Å²) in [5.41, 5.74) is 1.04. The van der Waals surface area contributed by atoms with E-state index in [0.717, 1.165) is 45.3 Å². The summed E-state index contributed by atoms with van der Waals surface area (Å²) in [6, 6.07) is 2.17. The fraction of sp³-hybridized carbons (Fsp3) is 0.538. The number of hydrogen-bond acceptors (Lipinski definition) is 4. The standard InChI is InChI=1S/C13H16Cl2N4S/c1-7(9-6-10(14)20-12(9)15)16-8(2)13-18-17-11-4-3-5-19(11)13/h6-8,16H,3-5H2,1-2H3. The average Bonchev–Trinajstić information content (AvgIpc) is 3.03. The lowest BCUT2D eigenvalue weighted by atomic mass is 10.1. The Bertz CT molecular complexity index is 622. The number of aromatic nitrogens is 3. The van der Waals surface area contributed by atoms with Crippen LogP contribution in [0.2, 0.25) is 8.67 Å². The first kappa shape index (κ1) is 14.3. The van der Waals surface area contributed by atoms with E-state index in [9.17, 15) is 0 Å². The van der Waals surface area contributed by atoms with Crippen LogP contribution in [0.15, 0.2) is 6.07 Å². The number of aryl methyl sites for hydroxylation is 1. The fourth-order valence-corrected chi connectivity index (χ4v) is 4.33. The molecule has 0 spiro atoms. The lowest BCUT2D eigenvalue weighted by Gasteiger charge is -2.19. The van der Waals surface area contributed by atoms with Gasteiger partial charge >= 0.3 is 0 Å². The Morgan fingerprint density at radius 1 is 1.30 bits per heavy atom. The summed E-state index contributed by atoms with van der Waals surface area (Å²) in [6.45, 7) is 5.21. The van der Waals surface area contributed by atoms with Crippen LogP contribution in [-0.4, -0.2) is 14.8 Å². The van der Waals surface area contributed by atoms with Gasteiger partial charge in [0.25, 0.3) is 0 Å². The van der Waals surface area contributed by atoms with Crippen molar-refractivity contribution in [3.05, 3.63) is 32.0 Å². The molecule has 3 rings (SSSR count). The number of nitrogens with zero attached hydrogens (tertiary/aromatic N) is 3. The largest absolute Gasteiger partial charge is 0.314 e. The molecule has 20 heavy (non-hydrogen) atoms. The van der Waals surface area contributed by atoms with Gasteiger partial charge in [0.2, 0.25) is 0 Å². The molecule has 3 heterocycles. The Kier molecular flexibility index (Phi) is 4.04. The maximum absolute atomic E-state index is 6.20. The van der Waals surface area contributed by atoms with Crippen molar-refractivity contribution < 1.29 is 0 Å². The Labute approximate surface area is 132 Å². The highest BCUT2D eigenvalue weighted by atomic mass is 35.5. The van der Waals surface area contributed by atoms with Crippen LogP contribution in [0.25, 0.3) is 0 Å². The van der Waals surface area contributed by atoms with E-state index >= 15 is 0 Å². The van der Waals surface area contributed by atoms with E-state index < -0.39 is 0 Å². The zero-order valence-corrected chi connectivity index (χ0v) is 13.7. The Morgan fingerprint density at radius 3 is 2.80 bits per heavy atom. The molecule has 2 atom stereocenters. The fourth-order valence-electron chi connectivity index (χ4n) is 2.68. The second kappa shape index (κ2) is 5.64. The molecule has 2 aromatic rings. The van der Waals surface area contributed by atoms with Gasteiger partial charge in [-0.15, -0.1) is 21.5 Å². The molecule has 1 aliphatic heterocycles. The van der Waals surface area contributed by atoms with Crippen LogP contribution in [0, 0.1) is 0 Å². The molecule has 0 saturated carbocycles. The number of hydrogen-bond donors (Lipinski definition) is 1. The van der Waals surface area contributed by atoms with Gasteiger partial charge in [0, 0.05) is 19.0 Å². The van der Waals surface area contributed by atoms with Gasteiger partial charge in [-0.2, -0.15) is 0 Å². The third kappa shape index (κ3) is 2.60. The number of fused-ring (bicyclic) bond motifs is 1. The van der Waals surface area contributed by atoms with Crippen LogP contribution in [0.1, 0.15) is 49.6 Å². The first-order valence-corrected chi connectivity index (χ1v) is 8.26. The first-order chi connectivity index (χ1) is 9.56. The molecule has 0 bridgehead atoms. The van der Waals surface area contributed by atoms with Gasteiger partial charge < -0.3 is 9.88 Å². The summed E-state index contributed by atoms with van der Waals surface area (Å²) < 4.78 is 3.68. The van der Waals surface area contributed by atoms with Crippen molar-refractivity contribution in [3.8, 4) is 0 Å². The van der Waals surface area contributed by atoms with E-state index in [1.54, 1.807) is 0 Å². The maximum Gasteiger partial charge on any atom is 0.149 e. The predicted molar refractivity (Wildman–Crippen MR) is 82.6 cm³/mol. The first-order valence-electron chi connectivity index (χ1n) is 6.69. The summed E-state index contributed by atoms with van der Waals surface area (Å²) in [4.78, 5) is 0. The molecule has 7 heteroatoms. The molecule has 2 unspecified atom stereocenters. The average molecular weight is 331 g/mol. The molecule has 108 valence electrons. The van der Waals surface area contributed by atoms with Crippen molar-refractivity contribution >= 4 is 34.5 Å². The van der Waals surface area contributed by atoms with Gasteiger partial charge in [-0.25, -0.2) is 0 Å². The third-order valence-electron chi connectivity index (χ3n) is 3.67. The zero-order valence-electron chi connectivity index (χ0n) is 11.4. The lowest BCUT2D eigenvalue weighted by Crippen LogP contribution is -2.25. The van der Waals surface area contributed by atoms with E-state index in [1.165, 1.54) is 11.3 Å². The topological polar surface area (TPSA) is 42.7 Å². The van der Waals surface area contributed by atoms with E-state index in [0.29, 0.717) is 0 Å². The normalized spacial score (nSPS) is 17.2. The molecular weight excluding hydrogens is 315 g/mol. The maximum atomic E-state index is 6.20. The van der Waals surface area contributed by atoms with Gasteiger partial charge in [0.05, 0.1) is 14.7 Å². The molecule has 0 aliphatic carbocycles. The smallest absolute Gasteiger partial charge is 0.149 e. The Morgan fingerprint density at radius 2 is 2.10 bits per heavy atom. The van der Waals surface area contributed by atoms with Crippen molar-refractivity contribution in [2.75, 3.05) is 0 Å². The van der Waals surface area contributed by atoms with Gasteiger partial charge in [0.1, 0.15) is 11.6 Å². The quantitative estimate of drug-likeness (QED) is 0.921. The van der Waals surface area contributed by atoms with Gasteiger partial charge in [0.15, 0.2) is 0 Å². The van der Waals surface area contributed by atoms with Crippen LogP contribution < -0.4 is 5.32 Å². The van der Waals surface area contributed by atoms with E-state index in [-0.39, 0.29) is 12.1 Å². The van der Waals surface area contributed by atoms with Crippen LogP contribution in [0.5, 0.6) is 0 Å². The molecule has 1 aliphatic rings. The zero-order chi connectivity index (χ0) is 14.3. The lowest BCUT2D eigenvalue weighted by molar-refractivity contribution is 0.460. The number of thiophene rings is 1. The summed E-state index contributed by atoms with van der Waals surface area (Å²) in [6.07, 6.45) is 2.19. The van der Waals surface area contributed by atoms with Crippen molar-refractivity contribution in [2.24, 2.45) is 0 Å². The van der Waals surface area contributed by atoms with Crippen LogP contribution in [0.4, 0.5) is 0 Å². The minimum atomic E-state index is 0.121. The van der Waals surface area contributed by atoms with Crippen LogP contribution >= 0.6 is 34.5 Å². The van der Waals surface area contributed by atoms with E-state index in [2.05, 4.69) is 33.9 Å². The molecule has 0 aromatic carbocycles. The van der Waals surface area contributed by atoms with E-state index in [1.807, 2.05) is 6.07 Å². The van der Waals surface area contributed by atoms with Crippen molar-refractivity contribution in [2.45, 2.75) is 45.3 Å². The van der Waals surface area contributed by atoms with Crippen molar-refractivity contribution in [1.82, 2.24) is 20.1 Å². The summed E-state index contributed by atoms with van der Waals surface area (Å²) in [7, 11) is 0. The minimum absolute atomic E-state index is 0.121. The van der Waals surface area contributed by atoms with Crippen molar-refractivity contribution in [3.63, 3.8) is 0 Å². The van der Waals surface area contributed by atoms with Gasteiger partial charge in [-0.1, -0.05) is 23.2 Å². The molecule has 0 radical (unpaired) electrons. The Hall–Kier alpha value is -0.620. The molecule has 2 aromatic heterocycles. The molecule has 0 amide bonds. The molecule has 1 N–H and O–H groups in total. The highest BCUT2D eigenvalue weighted by Crippen LogP contribution is 2.35. The number of rotatable bonds is 4. The second-order valence-corrected chi connectivity index (χ2v) is 7.40. The summed E-state index contributed by atoms with van der Waals surface area (Å²) >= 11 is 13.6. The van der Waals surface area contributed by atoms with Crippen LogP contribution in [-0.2, 0) is 13.0 Å². The molecule has 0 fully saturated rings. The Balaban J connectivity index is 1.75. The third-order valence-corrected chi connectivity index (χ3v) is 5.19. The van der Waals surface area contributed by atoms with Gasteiger partial charge in [-0.3, -0.25) is 0 Å². The van der Waals surface area contributed by atoms with E-state index in [4.69, 9.17) is 23.2 Å². The highest BCUT2D eigenvalue weighted by Gasteiger charge is 2.23. The predicted octanol–water partition coefficient (Wildman–Crippen LogP) is 4.00. The number of nitrogens with one attached hydrogen (secondary N) is 1. The van der Waals surface area contributed by atoms with Crippen molar-refractivity contribution in [1.29, 1.82) is 0 Å². The monoisotopic (exact) mass is 330 g/mol. The molecular formula is C13H16Cl2N4S. The van der Waals surface area contributed by atoms with Gasteiger partial charge in [-0.05, 0) is 31.9 Å². The highest BCUT2D eigenvalue weighted by molar-refractivity contribution is 7.20. The molecule has 4 nitrogen and oxygen atoms in total. The minimum Gasteiger partial charge on any atom is -0.314 e. The SMILES string of the molecule is CC(NC(C)c1nnc2n1CCC2)c1cc(Cl)sc1Cl. The van der Waals surface area contributed by atoms with Crippen LogP contribution in [0.3, 0.4) is 0 Å². The summed E-state index contributed by atoms with van der Waals surface area (Å²) in [5.74, 6) is 2.10. The second-order valence-electron chi connectivity index (χ2n) is 5.12. The number of halogens is 2. The molecule has 0 saturated heterocycles. The summed E-state index contributed by atoms with van der Waals surface area (Å²) in [5, 5.41) is 12.1.